The zero-order chi connectivity index (χ0) is 14.0. The minimum Gasteiger partial charge on any atom is -0.478 e. The van der Waals surface area contributed by atoms with Crippen molar-refractivity contribution in [2.75, 3.05) is 5.73 Å². The quantitative estimate of drug-likeness (QED) is 0.772. The highest BCUT2D eigenvalue weighted by atomic mass is 16.4. The average Bonchev–Trinajstić information content (AvgIpc) is 2.38. The van der Waals surface area contributed by atoms with Gasteiger partial charge >= 0.3 is 11.9 Å². The number of pyridine rings is 1. The van der Waals surface area contributed by atoms with Crippen LogP contribution in [-0.4, -0.2) is 27.1 Å². The maximum Gasteiger partial charge on any atom is 0.338 e. The molecule has 0 amide bonds. The minimum atomic E-state index is -1.39. The van der Waals surface area contributed by atoms with Gasteiger partial charge in [0.1, 0.15) is 5.56 Å². The molecule has 0 spiro atoms. The summed E-state index contributed by atoms with van der Waals surface area (Å²) in [6, 6.07) is 8.73. The van der Waals surface area contributed by atoms with Gasteiger partial charge in [-0.05, 0) is 0 Å². The molecule has 1 heterocycles. The van der Waals surface area contributed by atoms with Crippen LogP contribution in [0.5, 0.6) is 0 Å². The summed E-state index contributed by atoms with van der Waals surface area (Å²) in [6.45, 7) is 0. The number of aromatic carboxylic acids is 2. The molecular formula is C13H10N2O4. The number of nitrogen functional groups attached to an aromatic ring is 1. The second-order valence-electron chi connectivity index (χ2n) is 3.79. The van der Waals surface area contributed by atoms with Gasteiger partial charge in [-0.2, -0.15) is 0 Å². The highest BCUT2D eigenvalue weighted by Gasteiger charge is 2.22. The van der Waals surface area contributed by atoms with Crippen molar-refractivity contribution in [1.82, 2.24) is 4.98 Å². The normalized spacial score (nSPS) is 10.1. The van der Waals surface area contributed by atoms with E-state index in [4.69, 9.17) is 15.9 Å². The Kier molecular flexibility index (Phi) is 3.15. The number of nitrogens with zero attached hydrogens (tertiary/aromatic N) is 1. The molecule has 1 aromatic heterocycles. The Hall–Kier alpha value is -2.89. The summed E-state index contributed by atoms with van der Waals surface area (Å²) in [4.78, 5) is 26.1. The maximum atomic E-state index is 11.2. The van der Waals surface area contributed by atoms with E-state index in [1.165, 1.54) is 0 Å². The highest BCUT2D eigenvalue weighted by molar-refractivity contribution is 6.07. The van der Waals surface area contributed by atoms with Crippen LogP contribution in [0.4, 0.5) is 5.69 Å². The van der Waals surface area contributed by atoms with Gasteiger partial charge in [-0.25, -0.2) is 9.59 Å². The van der Waals surface area contributed by atoms with Crippen molar-refractivity contribution in [3.8, 4) is 11.3 Å². The van der Waals surface area contributed by atoms with Crippen molar-refractivity contribution in [2.45, 2.75) is 0 Å². The van der Waals surface area contributed by atoms with Crippen molar-refractivity contribution < 1.29 is 19.8 Å². The summed E-state index contributed by atoms with van der Waals surface area (Å²) < 4.78 is 0. The van der Waals surface area contributed by atoms with E-state index in [1.807, 2.05) is 0 Å². The third-order valence-corrected chi connectivity index (χ3v) is 2.61. The third kappa shape index (κ3) is 2.23. The lowest BCUT2D eigenvalue weighted by Crippen LogP contribution is -2.13. The van der Waals surface area contributed by atoms with Crippen LogP contribution in [0.15, 0.2) is 36.5 Å². The first-order valence-corrected chi connectivity index (χ1v) is 5.33. The molecule has 96 valence electrons. The Bertz CT molecular complexity index is 653. The number of anilines is 1. The second kappa shape index (κ2) is 4.77. The first-order chi connectivity index (χ1) is 9.02. The predicted molar refractivity (Wildman–Crippen MR) is 68.0 cm³/mol. The molecular weight excluding hydrogens is 248 g/mol. The number of hydrogen-bond donors (Lipinski definition) is 3. The monoisotopic (exact) mass is 258 g/mol. The van der Waals surface area contributed by atoms with E-state index in [9.17, 15) is 9.59 Å². The SMILES string of the molecule is Nc1c(-c2ccccc2)ncc(C(=O)O)c1C(=O)O. The van der Waals surface area contributed by atoms with Gasteiger partial charge in [-0.15, -0.1) is 0 Å². The molecule has 0 atom stereocenters. The number of nitrogens with two attached hydrogens (primary N) is 1. The van der Waals surface area contributed by atoms with E-state index in [0.717, 1.165) is 6.20 Å². The Morgan fingerprint density at radius 1 is 1.05 bits per heavy atom. The number of benzene rings is 1. The topological polar surface area (TPSA) is 114 Å². The fourth-order valence-corrected chi connectivity index (χ4v) is 1.75. The molecule has 0 aliphatic rings. The van der Waals surface area contributed by atoms with Gasteiger partial charge in [0.25, 0.3) is 0 Å². The van der Waals surface area contributed by atoms with Gasteiger partial charge in [-0.1, -0.05) is 30.3 Å². The molecule has 0 bridgehead atoms. The van der Waals surface area contributed by atoms with Crippen molar-refractivity contribution in [1.29, 1.82) is 0 Å². The molecule has 0 aliphatic heterocycles. The van der Waals surface area contributed by atoms with Crippen molar-refractivity contribution in [3.63, 3.8) is 0 Å². The van der Waals surface area contributed by atoms with Crippen LogP contribution in [0.1, 0.15) is 20.7 Å². The molecule has 0 saturated heterocycles. The smallest absolute Gasteiger partial charge is 0.338 e. The molecule has 6 nitrogen and oxygen atoms in total. The van der Waals surface area contributed by atoms with Gasteiger partial charge in [0, 0.05) is 11.8 Å². The molecule has 0 unspecified atom stereocenters. The van der Waals surface area contributed by atoms with Crippen LogP contribution in [0.25, 0.3) is 11.3 Å². The van der Waals surface area contributed by atoms with Crippen LogP contribution >= 0.6 is 0 Å². The standard InChI is InChI=1S/C13H10N2O4/c14-10-9(13(18)19)8(12(16)17)6-15-11(10)7-4-2-1-3-5-7/h1-6H,14H2,(H,16,17)(H,18,19). The van der Waals surface area contributed by atoms with Gasteiger partial charge in [0.2, 0.25) is 0 Å². The minimum absolute atomic E-state index is 0.154. The van der Waals surface area contributed by atoms with Crippen LogP contribution < -0.4 is 5.73 Å². The number of carbonyl (C=O) groups is 2. The fraction of sp³-hybridized carbons (Fsp3) is 0. The fourth-order valence-electron chi connectivity index (χ4n) is 1.75. The summed E-state index contributed by atoms with van der Waals surface area (Å²) in [5.41, 5.74) is 5.60. The first-order valence-electron chi connectivity index (χ1n) is 5.33. The summed E-state index contributed by atoms with van der Waals surface area (Å²) in [5, 5.41) is 18.0. The van der Waals surface area contributed by atoms with E-state index in [0.29, 0.717) is 5.56 Å². The van der Waals surface area contributed by atoms with Gasteiger partial charge in [-0.3, -0.25) is 4.98 Å². The molecule has 0 aliphatic carbocycles. The number of hydrogen-bond acceptors (Lipinski definition) is 4. The van der Waals surface area contributed by atoms with E-state index in [2.05, 4.69) is 4.98 Å². The van der Waals surface area contributed by atoms with Crippen molar-refractivity contribution >= 4 is 17.6 Å². The summed E-state index contributed by atoms with van der Waals surface area (Å²) in [7, 11) is 0. The molecule has 6 heteroatoms. The lowest BCUT2D eigenvalue weighted by Gasteiger charge is -2.10. The molecule has 2 aromatic rings. The summed E-state index contributed by atoms with van der Waals surface area (Å²) in [5.74, 6) is -2.77. The highest BCUT2D eigenvalue weighted by Crippen LogP contribution is 2.28. The number of aromatic nitrogens is 1. The molecule has 0 fully saturated rings. The number of carboxylic acid groups (broad SMARTS) is 2. The number of rotatable bonds is 3. The molecule has 1 aromatic carbocycles. The lowest BCUT2D eigenvalue weighted by molar-refractivity contribution is 0.0652. The Morgan fingerprint density at radius 2 is 1.68 bits per heavy atom. The second-order valence-corrected chi connectivity index (χ2v) is 3.79. The van der Waals surface area contributed by atoms with Crippen molar-refractivity contribution in [3.05, 3.63) is 47.7 Å². The first kappa shape index (κ1) is 12.6. The Morgan fingerprint density at radius 3 is 2.21 bits per heavy atom. The van der Waals surface area contributed by atoms with Crippen LogP contribution in [-0.2, 0) is 0 Å². The average molecular weight is 258 g/mol. The lowest BCUT2D eigenvalue weighted by atomic mass is 10.0. The zero-order valence-electron chi connectivity index (χ0n) is 9.70. The molecule has 2 rings (SSSR count). The maximum absolute atomic E-state index is 11.2. The van der Waals surface area contributed by atoms with Crippen molar-refractivity contribution in [2.24, 2.45) is 0 Å². The third-order valence-electron chi connectivity index (χ3n) is 2.61. The molecule has 4 N–H and O–H groups in total. The molecule has 19 heavy (non-hydrogen) atoms. The summed E-state index contributed by atoms with van der Waals surface area (Å²) >= 11 is 0. The Labute approximate surface area is 108 Å². The number of carboxylic acids is 2. The summed E-state index contributed by atoms with van der Waals surface area (Å²) in [6.07, 6.45) is 1.00. The van der Waals surface area contributed by atoms with Crippen LogP contribution in [0.2, 0.25) is 0 Å². The van der Waals surface area contributed by atoms with Gasteiger partial charge < -0.3 is 15.9 Å². The van der Waals surface area contributed by atoms with E-state index in [-0.39, 0.29) is 11.4 Å². The van der Waals surface area contributed by atoms with E-state index in [1.54, 1.807) is 30.3 Å². The molecule has 0 saturated carbocycles. The predicted octanol–water partition coefficient (Wildman–Crippen LogP) is 1.73. The van der Waals surface area contributed by atoms with E-state index >= 15 is 0 Å². The zero-order valence-corrected chi connectivity index (χ0v) is 9.70. The molecule has 0 radical (unpaired) electrons. The Balaban J connectivity index is 2.71. The van der Waals surface area contributed by atoms with E-state index < -0.39 is 23.1 Å². The van der Waals surface area contributed by atoms with Crippen LogP contribution in [0.3, 0.4) is 0 Å². The van der Waals surface area contributed by atoms with Crippen LogP contribution in [0, 0.1) is 0 Å². The van der Waals surface area contributed by atoms with Gasteiger partial charge in [0.05, 0.1) is 16.9 Å². The largest absolute Gasteiger partial charge is 0.478 e. The van der Waals surface area contributed by atoms with Gasteiger partial charge in [0.15, 0.2) is 0 Å².